The Kier molecular flexibility index (Phi) is 4.13. The van der Waals surface area contributed by atoms with Crippen molar-refractivity contribution in [3.05, 3.63) is 35.4 Å². The number of benzene rings is 1. The largest absolute Gasteiger partial charge is 0.300 e. The molecule has 15 heavy (non-hydrogen) atoms. The van der Waals surface area contributed by atoms with Crippen LogP contribution in [0.5, 0.6) is 0 Å². The van der Waals surface area contributed by atoms with Crippen LogP contribution in [0, 0.1) is 23.2 Å². The second-order valence-electron chi connectivity index (χ2n) is 3.22. The number of nitrogens with zero attached hydrogens (tertiary/aromatic N) is 1. The summed E-state index contributed by atoms with van der Waals surface area (Å²) in [5, 5.41) is 8.32. The Bertz CT molecular complexity index is 457. The van der Waals surface area contributed by atoms with Crippen LogP contribution in [-0.2, 0) is 11.2 Å². The Morgan fingerprint density at radius 1 is 1.47 bits per heavy atom. The van der Waals surface area contributed by atoms with Gasteiger partial charge in [-0.3, -0.25) is 4.79 Å². The maximum atomic E-state index is 10.9. The topological polar surface area (TPSA) is 40.9 Å². The van der Waals surface area contributed by atoms with E-state index in [0.29, 0.717) is 6.42 Å². The van der Waals surface area contributed by atoms with Gasteiger partial charge >= 0.3 is 0 Å². The van der Waals surface area contributed by atoms with Crippen molar-refractivity contribution in [3.63, 3.8) is 0 Å². The Labute approximate surface area is 89.5 Å². The van der Waals surface area contributed by atoms with Gasteiger partial charge in [0, 0.05) is 12.0 Å². The molecule has 0 unspecified atom stereocenters. The molecule has 74 valence electrons. The van der Waals surface area contributed by atoms with E-state index in [1.54, 1.807) is 6.92 Å². The zero-order valence-corrected chi connectivity index (χ0v) is 8.58. The van der Waals surface area contributed by atoms with Crippen LogP contribution in [0.2, 0.25) is 0 Å². The highest BCUT2D eigenvalue weighted by Gasteiger charge is 1.97. The average Bonchev–Trinajstić information content (AvgIpc) is 2.18. The van der Waals surface area contributed by atoms with E-state index < -0.39 is 0 Å². The summed E-state index contributed by atoms with van der Waals surface area (Å²) in [6.07, 6.45) is 0.671. The van der Waals surface area contributed by atoms with Gasteiger partial charge in [0.05, 0.1) is 12.5 Å². The van der Waals surface area contributed by atoms with Crippen LogP contribution >= 0.6 is 0 Å². The first kappa shape index (κ1) is 11.0. The monoisotopic (exact) mass is 197 g/mol. The average molecular weight is 197 g/mol. The van der Waals surface area contributed by atoms with Gasteiger partial charge < -0.3 is 0 Å². The summed E-state index contributed by atoms with van der Waals surface area (Å²) in [7, 11) is 0. The minimum absolute atomic E-state index is 0.136. The molecule has 1 rings (SSSR count). The molecule has 0 aromatic heterocycles. The smallest absolute Gasteiger partial charge is 0.134 e. The molecule has 0 radical (unpaired) electrons. The van der Waals surface area contributed by atoms with Crippen molar-refractivity contribution in [2.24, 2.45) is 0 Å². The molecule has 2 nitrogen and oxygen atoms in total. The molecule has 0 bridgehead atoms. The lowest BCUT2D eigenvalue weighted by molar-refractivity contribution is -0.116. The predicted molar refractivity (Wildman–Crippen MR) is 57.9 cm³/mol. The molecule has 0 aliphatic rings. The highest BCUT2D eigenvalue weighted by atomic mass is 16.1. The van der Waals surface area contributed by atoms with Crippen molar-refractivity contribution in [2.75, 3.05) is 0 Å². The van der Waals surface area contributed by atoms with Crippen LogP contribution in [0.4, 0.5) is 0 Å². The number of hydrogen-bond donors (Lipinski definition) is 0. The zero-order chi connectivity index (χ0) is 11.1. The number of rotatable bonds is 2. The van der Waals surface area contributed by atoms with Gasteiger partial charge in [-0.25, -0.2) is 0 Å². The molecular formula is C13H11NO. The van der Waals surface area contributed by atoms with E-state index >= 15 is 0 Å². The first-order chi connectivity index (χ1) is 7.22. The zero-order valence-electron chi connectivity index (χ0n) is 8.58. The first-order valence-electron chi connectivity index (χ1n) is 4.66. The fourth-order valence-electron chi connectivity index (χ4n) is 1.23. The highest BCUT2D eigenvalue weighted by Crippen LogP contribution is 2.05. The molecule has 0 aliphatic carbocycles. The number of hydrogen-bond acceptors (Lipinski definition) is 2. The SMILES string of the molecule is CC(=O)Cc1cccc(C#CCC#N)c1. The van der Waals surface area contributed by atoms with Crippen LogP contribution in [0.15, 0.2) is 24.3 Å². The third kappa shape index (κ3) is 4.11. The molecule has 1 aromatic rings. The van der Waals surface area contributed by atoms with Crippen molar-refractivity contribution in [2.45, 2.75) is 19.8 Å². The van der Waals surface area contributed by atoms with Crippen molar-refractivity contribution < 1.29 is 4.79 Å². The normalized spacial score (nSPS) is 8.53. The molecule has 0 saturated carbocycles. The summed E-state index contributed by atoms with van der Waals surface area (Å²) >= 11 is 0. The molecule has 0 spiro atoms. The molecule has 0 saturated heterocycles. The molecule has 0 heterocycles. The van der Waals surface area contributed by atoms with E-state index in [1.807, 2.05) is 30.3 Å². The Morgan fingerprint density at radius 2 is 2.27 bits per heavy atom. The fraction of sp³-hybridized carbons (Fsp3) is 0.231. The fourth-order valence-corrected chi connectivity index (χ4v) is 1.23. The Hall–Kier alpha value is -2.06. The second kappa shape index (κ2) is 5.62. The molecule has 0 aliphatic heterocycles. The maximum Gasteiger partial charge on any atom is 0.134 e. The summed E-state index contributed by atoms with van der Waals surface area (Å²) < 4.78 is 0. The van der Waals surface area contributed by atoms with Gasteiger partial charge in [-0.2, -0.15) is 5.26 Å². The van der Waals surface area contributed by atoms with E-state index in [2.05, 4.69) is 11.8 Å². The van der Waals surface area contributed by atoms with E-state index in [0.717, 1.165) is 11.1 Å². The van der Waals surface area contributed by atoms with E-state index in [1.165, 1.54) is 0 Å². The highest BCUT2D eigenvalue weighted by molar-refractivity contribution is 5.78. The predicted octanol–water partition coefficient (Wildman–Crippen LogP) is 2.08. The summed E-state index contributed by atoms with van der Waals surface area (Å²) in [6, 6.07) is 9.48. The second-order valence-corrected chi connectivity index (χ2v) is 3.22. The van der Waals surface area contributed by atoms with Crippen molar-refractivity contribution >= 4 is 5.78 Å². The molecule has 0 atom stereocenters. The van der Waals surface area contributed by atoms with Crippen molar-refractivity contribution in [1.82, 2.24) is 0 Å². The van der Waals surface area contributed by atoms with Crippen LogP contribution in [0.1, 0.15) is 24.5 Å². The molecule has 0 fully saturated rings. The number of carbonyl (C=O) groups excluding carboxylic acids is 1. The van der Waals surface area contributed by atoms with Crippen LogP contribution in [-0.4, -0.2) is 5.78 Å². The van der Waals surface area contributed by atoms with Gasteiger partial charge in [-0.05, 0) is 24.6 Å². The number of ketones is 1. The Morgan fingerprint density at radius 3 is 2.93 bits per heavy atom. The summed E-state index contributed by atoms with van der Waals surface area (Å²) in [6.45, 7) is 1.56. The van der Waals surface area contributed by atoms with Gasteiger partial charge in [0.2, 0.25) is 0 Å². The minimum Gasteiger partial charge on any atom is -0.300 e. The lowest BCUT2D eigenvalue weighted by atomic mass is 10.1. The van der Waals surface area contributed by atoms with Crippen molar-refractivity contribution in [1.29, 1.82) is 5.26 Å². The maximum absolute atomic E-state index is 10.9. The molecule has 1 aromatic carbocycles. The van der Waals surface area contributed by atoms with Crippen molar-refractivity contribution in [3.8, 4) is 17.9 Å². The summed E-state index contributed by atoms with van der Waals surface area (Å²) in [5.74, 6) is 5.75. The minimum atomic E-state index is 0.136. The molecule has 0 N–H and O–H groups in total. The van der Waals surface area contributed by atoms with E-state index in [-0.39, 0.29) is 12.2 Å². The number of Topliss-reactive ketones (excluding diaryl/α,β-unsaturated/α-hetero) is 1. The number of nitriles is 1. The number of carbonyl (C=O) groups is 1. The first-order valence-corrected chi connectivity index (χ1v) is 4.66. The van der Waals surface area contributed by atoms with Crippen LogP contribution in [0.3, 0.4) is 0 Å². The van der Waals surface area contributed by atoms with Crippen LogP contribution in [0.25, 0.3) is 0 Å². The van der Waals surface area contributed by atoms with Gasteiger partial charge in [-0.1, -0.05) is 24.0 Å². The van der Waals surface area contributed by atoms with E-state index in [9.17, 15) is 4.79 Å². The quantitative estimate of drug-likeness (QED) is 0.681. The third-order valence-corrected chi connectivity index (χ3v) is 1.78. The molecule has 0 amide bonds. The summed E-state index contributed by atoms with van der Waals surface area (Å²) in [4.78, 5) is 10.9. The van der Waals surface area contributed by atoms with Gasteiger partial charge in [0.15, 0.2) is 0 Å². The van der Waals surface area contributed by atoms with Gasteiger partial charge in [-0.15, -0.1) is 0 Å². The lowest BCUT2D eigenvalue weighted by Gasteiger charge is -1.97. The molecular weight excluding hydrogens is 186 g/mol. The standard InChI is InChI=1S/C13H11NO/c1-11(15)9-13-7-4-6-12(10-13)5-2-3-8-14/h4,6-7,10H,3,9H2,1H3. The lowest BCUT2D eigenvalue weighted by Crippen LogP contribution is -1.96. The Balaban J connectivity index is 2.80. The molecule has 2 heteroatoms. The van der Waals surface area contributed by atoms with Gasteiger partial charge in [0.25, 0.3) is 0 Å². The third-order valence-electron chi connectivity index (χ3n) is 1.78. The van der Waals surface area contributed by atoms with Crippen LogP contribution < -0.4 is 0 Å². The van der Waals surface area contributed by atoms with E-state index in [4.69, 9.17) is 5.26 Å². The van der Waals surface area contributed by atoms with Gasteiger partial charge in [0.1, 0.15) is 5.78 Å². The summed E-state index contributed by atoms with van der Waals surface area (Å²) in [5.41, 5.74) is 1.82.